The first kappa shape index (κ1) is 25.6. The highest BCUT2D eigenvalue weighted by atomic mass is 16.6. The molecule has 3 rings (SSSR count). The standard InChI is InChI=1S/C25H23N5O6/c1-16-17(2)29(14-18-7-4-3-5-8-18)24(21(16)12-26)28-22(31)15-36-23(32)13-27-25(33)19-9-6-10-20(11-19)30(34)35/h3-11H,13-15H2,1-2H3,(H,27,33)(H,28,31). The zero-order valence-corrected chi connectivity index (χ0v) is 19.6. The van der Waals surface area contributed by atoms with E-state index in [0.717, 1.165) is 22.9 Å². The van der Waals surface area contributed by atoms with Gasteiger partial charge < -0.3 is 19.9 Å². The van der Waals surface area contributed by atoms with Crippen LogP contribution < -0.4 is 10.6 Å². The number of non-ortho nitro benzene ring substituents is 1. The van der Waals surface area contributed by atoms with Crippen LogP contribution in [0.15, 0.2) is 54.6 Å². The predicted molar refractivity (Wildman–Crippen MR) is 129 cm³/mol. The van der Waals surface area contributed by atoms with Crippen molar-refractivity contribution in [1.29, 1.82) is 5.26 Å². The number of nitrogens with one attached hydrogen (secondary N) is 2. The number of carbonyl (C=O) groups excluding carboxylic acids is 3. The van der Waals surface area contributed by atoms with Crippen LogP contribution in [-0.2, 0) is 20.9 Å². The molecule has 0 saturated carbocycles. The molecule has 1 heterocycles. The number of aromatic nitrogens is 1. The molecule has 0 spiro atoms. The van der Waals surface area contributed by atoms with Crippen LogP contribution >= 0.6 is 0 Å². The van der Waals surface area contributed by atoms with E-state index in [-0.39, 0.29) is 11.3 Å². The zero-order chi connectivity index (χ0) is 26.2. The van der Waals surface area contributed by atoms with Gasteiger partial charge in [0, 0.05) is 29.9 Å². The molecule has 36 heavy (non-hydrogen) atoms. The van der Waals surface area contributed by atoms with Gasteiger partial charge in [0.15, 0.2) is 6.61 Å². The van der Waals surface area contributed by atoms with Crippen molar-refractivity contribution in [3.05, 3.63) is 92.7 Å². The van der Waals surface area contributed by atoms with Crippen molar-refractivity contribution in [2.45, 2.75) is 20.4 Å². The van der Waals surface area contributed by atoms with Crippen LogP contribution in [0.25, 0.3) is 0 Å². The third-order valence-corrected chi connectivity index (χ3v) is 5.46. The number of carbonyl (C=O) groups is 3. The molecule has 0 radical (unpaired) electrons. The van der Waals surface area contributed by atoms with Gasteiger partial charge in [0.2, 0.25) is 0 Å². The summed E-state index contributed by atoms with van der Waals surface area (Å²) in [5, 5.41) is 25.4. The van der Waals surface area contributed by atoms with Gasteiger partial charge in [0.1, 0.15) is 18.4 Å². The fourth-order valence-corrected chi connectivity index (χ4v) is 3.47. The molecule has 0 atom stereocenters. The van der Waals surface area contributed by atoms with Gasteiger partial charge >= 0.3 is 5.97 Å². The minimum atomic E-state index is -0.878. The second-order valence-corrected chi connectivity index (χ2v) is 7.82. The summed E-state index contributed by atoms with van der Waals surface area (Å²) in [5.41, 5.74) is 2.56. The summed E-state index contributed by atoms with van der Waals surface area (Å²) >= 11 is 0. The first-order chi connectivity index (χ1) is 17.2. The number of amides is 2. The van der Waals surface area contributed by atoms with Gasteiger partial charge in [0.05, 0.1) is 10.5 Å². The number of nitro groups is 1. The summed E-state index contributed by atoms with van der Waals surface area (Å²) < 4.78 is 6.73. The van der Waals surface area contributed by atoms with E-state index < -0.39 is 35.9 Å². The first-order valence-corrected chi connectivity index (χ1v) is 10.8. The Balaban J connectivity index is 1.59. The lowest BCUT2D eigenvalue weighted by Gasteiger charge is -2.13. The minimum absolute atomic E-state index is 0.00342. The van der Waals surface area contributed by atoms with Crippen molar-refractivity contribution in [2.24, 2.45) is 0 Å². The number of hydrogen-bond donors (Lipinski definition) is 2. The Hall–Kier alpha value is -4.98. The molecule has 2 aromatic carbocycles. The van der Waals surface area contributed by atoms with Crippen LogP contribution in [0.4, 0.5) is 11.5 Å². The number of ether oxygens (including phenoxy) is 1. The molecule has 0 saturated heterocycles. The number of anilines is 1. The maximum absolute atomic E-state index is 12.5. The molecule has 0 aliphatic rings. The fourth-order valence-electron chi connectivity index (χ4n) is 3.47. The SMILES string of the molecule is Cc1c(C#N)c(NC(=O)COC(=O)CNC(=O)c2cccc([N+](=O)[O-])c2)n(Cc2ccccc2)c1C. The van der Waals surface area contributed by atoms with Gasteiger partial charge in [-0.25, -0.2) is 0 Å². The summed E-state index contributed by atoms with van der Waals surface area (Å²) in [4.78, 5) is 46.9. The second-order valence-electron chi connectivity index (χ2n) is 7.82. The molecule has 0 bridgehead atoms. The smallest absolute Gasteiger partial charge is 0.325 e. The topological polar surface area (TPSA) is 156 Å². The third kappa shape index (κ3) is 6.12. The average molecular weight is 489 g/mol. The van der Waals surface area contributed by atoms with Crippen LogP contribution in [0.1, 0.15) is 32.7 Å². The highest BCUT2D eigenvalue weighted by Crippen LogP contribution is 2.27. The normalized spacial score (nSPS) is 10.2. The van der Waals surface area contributed by atoms with Gasteiger partial charge in [-0.1, -0.05) is 36.4 Å². The van der Waals surface area contributed by atoms with Gasteiger partial charge in [-0.15, -0.1) is 0 Å². The Morgan fingerprint density at radius 2 is 1.83 bits per heavy atom. The van der Waals surface area contributed by atoms with E-state index in [1.165, 1.54) is 18.2 Å². The van der Waals surface area contributed by atoms with Crippen LogP contribution in [0.3, 0.4) is 0 Å². The van der Waals surface area contributed by atoms with E-state index in [9.17, 15) is 29.8 Å². The maximum Gasteiger partial charge on any atom is 0.325 e. The minimum Gasteiger partial charge on any atom is -0.454 e. The molecule has 2 amide bonds. The molecule has 184 valence electrons. The van der Waals surface area contributed by atoms with Crippen LogP contribution in [0.2, 0.25) is 0 Å². The van der Waals surface area contributed by atoms with Crippen molar-refractivity contribution >= 4 is 29.3 Å². The quantitative estimate of drug-likeness (QED) is 0.266. The Kier molecular flexibility index (Phi) is 8.14. The van der Waals surface area contributed by atoms with E-state index in [1.54, 1.807) is 6.92 Å². The molecule has 11 nitrogen and oxygen atoms in total. The molecule has 3 aromatic rings. The average Bonchev–Trinajstić information content (AvgIpc) is 3.10. The van der Waals surface area contributed by atoms with E-state index in [4.69, 9.17) is 4.74 Å². The number of benzene rings is 2. The van der Waals surface area contributed by atoms with Crippen LogP contribution in [0.5, 0.6) is 0 Å². The van der Waals surface area contributed by atoms with Gasteiger partial charge in [-0.2, -0.15) is 5.26 Å². The van der Waals surface area contributed by atoms with Crippen molar-refractivity contribution in [3.63, 3.8) is 0 Å². The number of nitro benzene ring substituents is 1. The van der Waals surface area contributed by atoms with Crippen LogP contribution in [-0.4, -0.2) is 40.4 Å². The number of esters is 1. The van der Waals surface area contributed by atoms with E-state index >= 15 is 0 Å². The molecule has 0 unspecified atom stereocenters. The maximum atomic E-state index is 12.5. The summed E-state index contributed by atoms with van der Waals surface area (Å²) in [7, 11) is 0. The molecule has 1 aromatic heterocycles. The number of rotatable bonds is 9. The first-order valence-electron chi connectivity index (χ1n) is 10.8. The van der Waals surface area contributed by atoms with Crippen molar-refractivity contribution < 1.29 is 24.0 Å². The molecule has 0 aliphatic heterocycles. The van der Waals surface area contributed by atoms with E-state index in [1.807, 2.05) is 41.8 Å². The zero-order valence-electron chi connectivity index (χ0n) is 19.6. The summed E-state index contributed by atoms with van der Waals surface area (Å²) in [6.07, 6.45) is 0. The lowest BCUT2D eigenvalue weighted by molar-refractivity contribution is -0.384. The fraction of sp³-hybridized carbons (Fsp3) is 0.200. The van der Waals surface area contributed by atoms with E-state index in [0.29, 0.717) is 17.9 Å². The number of nitriles is 1. The molecule has 2 N–H and O–H groups in total. The largest absolute Gasteiger partial charge is 0.454 e. The monoisotopic (exact) mass is 489 g/mol. The Morgan fingerprint density at radius 3 is 2.50 bits per heavy atom. The molecule has 0 aliphatic carbocycles. The van der Waals surface area contributed by atoms with Crippen molar-refractivity contribution in [1.82, 2.24) is 9.88 Å². The summed E-state index contributed by atoms with van der Waals surface area (Å²) in [6, 6.07) is 16.7. The summed E-state index contributed by atoms with van der Waals surface area (Å²) in [5.74, 6) is -1.94. The lowest BCUT2D eigenvalue weighted by Crippen LogP contribution is -2.32. The molecular formula is C25H23N5O6. The molecular weight excluding hydrogens is 466 g/mol. The second kappa shape index (κ2) is 11.4. The predicted octanol–water partition coefficient (Wildman–Crippen LogP) is 2.84. The van der Waals surface area contributed by atoms with Crippen molar-refractivity contribution in [3.8, 4) is 6.07 Å². The van der Waals surface area contributed by atoms with Gasteiger partial charge in [-0.3, -0.25) is 24.5 Å². The van der Waals surface area contributed by atoms with Gasteiger partial charge in [0.25, 0.3) is 17.5 Å². The Morgan fingerprint density at radius 1 is 1.11 bits per heavy atom. The number of nitrogens with zero attached hydrogens (tertiary/aromatic N) is 3. The van der Waals surface area contributed by atoms with Gasteiger partial charge in [-0.05, 0) is 31.0 Å². The van der Waals surface area contributed by atoms with E-state index in [2.05, 4.69) is 16.7 Å². The summed E-state index contributed by atoms with van der Waals surface area (Å²) in [6.45, 7) is 2.88. The third-order valence-electron chi connectivity index (χ3n) is 5.46. The highest BCUT2D eigenvalue weighted by molar-refractivity contribution is 5.97. The molecule has 0 fully saturated rings. The van der Waals surface area contributed by atoms with Crippen molar-refractivity contribution in [2.75, 3.05) is 18.5 Å². The Labute approximate surface area is 206 Å². The number of hydrogen-bond acceptors (Lipinski definition) is 7. The van der Waals surface area contributed by atoms with Crippen LogP contribution in [0, 0.1) is 35.3 Å². The lowest BCUT2D eigenvalue weighted by atomic mass is 10.2. The molecule has 11 heteroatoms. The Bertz CT molecular complexity index is 1360. The highest BCUT2D eigenvalue weighted by Gasteiger charge is 2.20.